The number of hydrogen-bond donors (Lipinski definition) is 4. The zero-order valence-corrected chi connectivity index (χ0v) is 29.1. The molecule has 5 aromatic rings. The predicted molar refractivity (Wildman–Crippen MR) is 193 cm³/mol. The first-order chi connectivity index (χ1) is 24.7. The molecule has 14 nitrogen and oxygen atoms in total. The molecule has 4 amide bonds. The number of urea groups is 2. The summed E-state index contributed by atoms with van der Waals surface area (Å²) in [6, 6.07) is 26.7. The van der Waals surface area contributed by atoms with Gasteiger partial charge in [-0.25, -0.2) is 9.59 Å². The number of nitrogens with one attached hydrogen (secondary N) is 4. The molecule has 16 heteroatoms. The van der Waals surface area contributed by atoms with Crippen molar-refractivity contribution in [2.45, 2.75) is 23.6 Å². The predicted octanol–water partition coefficient (Wildman–Crippen LogP) is 6.92. The maximum absolute atomic E-state index is 13.0. The molecule has 0 saturated heterocycles. The van der Waals surface area contributed by atoms with Crippen molar-refractivity contribution in [2.75, 3.05) is 21.3 Å². The Hall–Kier alpha value is -6.52. The van der Waals surface area contributed by atoms with Gasteiger partial charge in [0.05, 0.1) is 0 Å². The van der Waals surface area contributed by atoms with Crippen LogP contribution < -0.4 is 29.6 Å². The number of benzene rings is 5. The number of amides is 4. The minimum atomic E-state index is -4.51. The minimum absolute atomic E-state index is 0.108. The van der Waals surface area contributed by atoms with E-state index in [1.807, 2.05) is 0 Å². The number of Topliss-reactive ketones (excluding diaryl/α,β-unsaturated/α-hetero) is 2. The molecule has 0 spiro atoms. The molecule has 0 aromatic heterocycles. The third-order valence-corrected chi connectivity index (χ3v) is 9.60. The average Bonchev–Trinajstić information content (AvgIpc) is 3.10. The number of carbonyl (C=O) groups is 4. The molecule has 0 saturated carbocycles. The molecule has 0 bridgehead atoms. The fraction of sp³-hybridized carbons (Fsp3) is 0.0556. The van der Waals surface area contributed by atoms with Crippen molar-refractivity contribution in [3.05, 3.63) is 132 Å². The highest BCUT2D eigenvalue weighted by atomic mass is 32.2. The second-order valence-corrected chi connectivity index (χ2v) is 14.1. The summed E-state index contributed by atoms with van der Waals surface area (Å²) in [5.41, 5.74) is 2.53. The molecule has 0 radical (unpaired) electrons. The topological polar surface area (TPSA) is 203 Å². The van der Waals surface area contributed by atoms with E-state index in [1.165, 1.54) is 68.4 Å². The number of anilines is 4. The van der Waals surface area contributed by atoms with E-state index in [0.717, 1.165) is 18.2 Å². The number of hydrogen-bond acceptors (Lipinski definition) is 10. The Labute approximate surface area is 299 Å². The second kappa shape index (κ2) is 15.6. The van der Waals surface area contributed by atoms with Gasteiger partial charge in [-0.1, -0.05) is 6.07 Å². The van der Waals surface area contributed by atoms with E-state index in [2.05, 4.69) is 21.3 Å². The van der Waals surface area contributed by atoms with Gasteiger partial charge in [0.15, 0.2) is 11.6 Å². The van der Waals surface area contributed by atoms with Crippen LogP contribution in [-0.4, -0.2) is 40.5 Å². The number of rotatable bonds is 12. The largest absolute Gasteiger partial charge is 0.379 e. The minimum Gasteiger partial charge on any atom is -0.379 e. The van der Waals surface area contributed by atoms with Crippen molar-refractivity contribution in [1.29, 1.82) is 0 Å². The number of ketones is 2. The summed E-state index contributed by atoms with van der Waals surface area (Å²) in [4.78, 5) is 46.6. The van der Waals surface area contributed by atoms with E-state index in [9.17, 15) is 36.0 Å². The highest BCUT2D eigenvalue weighted by Crippen LogP contribution is 2.26. The van der Waals surface area contributed by atoms with E-state index in [0.29, 0.717) is 33.9 Å². The Balaban J connectivity index is 1.16. The monoisotopic (exact) mass is 742 g/mol. The average molecular weight is 743 g/mol. The van der Waals surface area contributed by atoms with Gasteiger partial charge in [0.2, 0.25) is 0 Å². The van der Waals surface area contributed by atoms with Crippen LogP contribution in [-0.2, 0) is 20.2 Å². The van der Waals surface area contributed by atoms with Gasteiger partial charge in [-0.3, -0.25) is 9.59 Å². The SMILES string of the molecule is CC(=O)c1ccc(NC(=O)Nc2ccc(OS(=O)(=O)c3cccc(S(=O)(=O)Oc4ccc(NC(=O)Nc5ccc(C(C)=O)cc5)cc4)c3)cc2)cc1. The molecule has 52 heavy (non-hydrogen) atoms. The first-order valence-electron chi connectivity index (χ1n) is 15.2. The van der Waals surface area contributed by atoms with Gasteiger partial charge < -0.3 is 29.6 Å². The lowest BCUT2D eigenvalue weighted by Crippen LogP contribution is -2.19. The van der Waals surface area contributed by atoms with Gasteiger partial charge in [0, 0.05) is 33.9 Å². The summed E-state index contributed by atoms with van der Waals surface area (Å²) in [5, 5.41) is 10.4. The summed E-state index contributed by atoms with van der Waals surface area (Å²) in [6.07, 6.45) is 0. The Bertz CT molecular complexity index is 2180. The third kappa shape index (κ3) is 9.80. The fourth-order valence-corrected chi connectivity index (χ4v) is 6.51. The Morgan fingerprint density at radius 3 is 1.02 bits per heavy atom. The zero-order valence-electron chi connectivity index (χ0n) is 27.4. The van der Waals surface area contributed by atoms with Gasteiger partial charge >= 0.3 is 32.3 Å². The van der Waals surface area contributed by atoms with E-state index in [4.69, 9.17) is 8.37 Å². The summed E-state index contributed by atoms with van der Waals surface area (Å²) in [5.74, 6) is -0.435. The van der Waals surface area contributed by atoms with Crippen LogP contribution in [0.15, 0.2) is 131 Å². The Morgan fingerprint density at radius 1 is 0.442 bits per heavy atom. The van der Waals surface area contributed by atoms with Gasteiger partial charge in [-0.2, -0.15) is 16.8 Å². The second-order valence-electron chi connectivity index (χ2n) is 11.0. The first-order valence-corrected chi connectivity index (χ1v) is 18.1. The first kappa shape index (κ1) is 36.8. The van der Waals surface area contributed by atoms with Crippen LogP contribution in [0.2, 0.25) is 0 Å². The zero-order chi connectivity index (χ0) is 37.5. The Morgan fingerprint density at radius 2 is 0.731 bits per heavy atom. The third-order valence-electron chi connectivity index (χ3n) is 7.12. The van der Waals surface area contributed by atoms with E-state index < -0.39 is 42.1 Å². The van der Waals surface area contributed by atoms with Crippen LogP contribution >= 0.6 is 0 Å². The summed E-state index contributed by atoms with van der Waals surface area (Å²) < 4.78 is 62.5. The van der Waals surface area contributed by atoms with Gasteiger partial charge in [-0.15, -0.1) is 0 Å². The van der Waals surface area contributed by atoms with E-state index >= 15 is 0 Å². The molecule has 5 aromatic carbocycles. The fourth-order valence-electron chi connectivity index (χ4n) is 4.49. The van der Waals surface area contributed by atoms with Crippen LogP contribution in [0, 0.1) is 0 Å². The lowest BCUT2D eigenvalue weighted by molar-refractivity contribution is 0.100. The lowest BCUT2D eigenvalue weighted by Gasteiger charge is -2.11. The standard InChI is InChI=1S/C36H30N4O10S2/c1-23(41)25-6-10-27(11-7-25)37-35(43)39-29-14-18-31(19-15-29)49-51(45,46)33-4-3-5-34(22-33)52(47,48)50-32-20-16-30(17-21-32)40-36(44)38-28-12-8-26(9-13-28)24(2)42/h3-22H,1-2H3,(H2,37,39,43)(H2,38,40,44). The van der Waals surface area contributed by atoms with Crippen molar-refractivity contribution < 1.29 is 44.4 Å². The van der Waals surface area contributed by atoms with Crippen molar-refractivity contribution in [3.63, 3.8) is 0 Å². The molecule has 5 rings (SSSR count). The van der Waals surface area contributed by atoms with E-state index in [-0.39, 0.29) is 23.1 Å². The normalized spacial score (nSPS) is 11.1. The molecule has 0 unspecified atom stereocenters. The van der Waals surface area contributed by atoms with Crippen LogP contribution in [0.1, 0.15) is 34.6 Å². The molecule has 0 aliphatic carbocycles. The maximum Gasteiger partial charge on any atom is 0.339 e. The van der Waals surface area contributed by atoms with Crippen molar-refractivity contribution in [3.8, 4) is 11.5 Å². The molecule has 266 valence electrons. The van der Waals surface area contributed by atoms with Crippen LogP contribution in [0.25, 0.3) is 0 Å². The molecule has 0 atom stereocenters. The summed E-state index contributed by atoms with van der Waals surface area (Å²) in [6.45, 7) is 2.86. The molecular formula is C36H30N4O10S2. The number of carbonyl (C=O) groups excluding carboxylic acids is 4. The molecular weight excluding hydrogens is 713 g/mol. The van der Waals surface area contributed by atoms with Gasteiger partial charge in [0.1, 0.15) is 21.3 Å². The summed E-state index contributed by atoms with van der Waals surface area (Å²) >= 11 is 0. The van der Waals surface area contributed by atoms with Crippen molar-refractivity contribution >= 4 is 66.6 Å². The molecule has 0 fully saturated rings. The highest BCUT2D eigenvalue weighted by molar-refractivity contribution is 7.88. The van der Waals surface area contributed by atoms with Crippen molar-refractivity contribution in [1.82, 2.24) is 0 Å². The van der Waals surface area contributed by atoms with Crippen LogP contribution in [0.4, 0.5) is 32.3 Å². The summed E-state index contributed by atoms with van der Waals surface area (Å²) in [7, 11) is -9.01. The highest BCUT2D eigenvalue weighted by Gasteiger charge is 2.23. The lowest BCUT2D eigenvalue weighted by atomic mass is 10.1. The Kier molecular flexibility index (Phi) is 11.0. The molecule has 0 heterocycles. The smallest absolute Gasteiger partial charge is 0.339 e. The van der Waals surface area contributed by atoms with Crippen LogP contribution in [0.5, 0.6) is 11.5 Å². The van der Waals surface area contributed by atoms with Gasteiger partial charge in [-0.05, 0) is 129 Å². The van der Waals surface area contributed by atoms with Crippen molar-refractivity contribution in [2.24, 2.45) is 0 Å². The van der Waals surface area contributed by atoms with Gasteiger partial charge in [0.25, 0.3) is 0 Å². The quantitative estimate of drug-likeness (QED) is 0.0768. The molecule has 0 aliphatic heterocycles. The van der Waals surface area contributed by atoms with E-state index in [1.54, 1.807) is 48.5 Å². The maximum atomic E-state index is 13.0. The molecule has 4 N–H and O–H groups in total. The van der Waals surface area contributed by atoms with Crippen LogP contribution in [0.3, 0.4) is 0 Å². The molecule has 0 aliphatic rings.